The maximum atomic E-state index is 9.76. The lowest BCUT2D eigenvalue weighted by atomic mass is 9.95. The smallest absolute Gasteiger partial charge is 0.101 e. The van der Waals surface area contributed by atoms with Crippen LogP contribution in [-0.2, 0) is 0 Å². The van der Waals surface area contributed by atoms with Crippen molar-refractivity contribution in [2.24, 2.45) is 5.41 Å². The second-order valence-corrected chi connectivity index (χ2v) is 5.46. The van der Waals surface area contributed by atoms with Gasteiger partial charge >= 0.3 is 0 Å². The topological polar surface area (TPSA) is 52.5 Å². The van der Waals surface area contributed by atoms with Crippen LogP contribution in [0.5, 0.6) is 0 Å². The highest BCUT2D eigenvalue weighted by atomic mass is 32.1. The number of hydrogen-bond donors (Lipinski definition) is 3. The Hall–Kier alpha value is -0.420. The first-order valence-electron chi connectivity index (χ1n) is 5.08. The van der Waals surface area contributed by atoms with Crippen molar-refractivity contribution in [2.45, 2.75) is 20.0 Å². The molecule has 1 atom stereocenters. The summed E-state index contributed by atoms with van der Waals surface area (Å²) in [5, 5.41) is 23.9. The summed E-state index contributed by atoms with van der Waals surface area (Å²) in [6.07, 6.45) is -0.445. The van der Waals surface area contributed by atoms with E-state index in [0.29, 0.717) is 13.1 Å². The van der Waals surface area contributed by atoms with Gasteiger partial charge in [0.15, 0.2) is 0 Å². The molecule has 1 aromatic rings. The molecule has 86 valence electrons. The van der Waals surface area contributed by atoms with Crippen LogP contribution < -0.4 is 5.32 Å². The van der Waals surface area contributed by atoms with E-state index in [1.165, 1.54) is 0 Å². The van der Waals surface area contributed by atoms with Crippen LogP contribution in [0.1, 0.15) is 24.8 Å². The molecule has 1 unspecified atom stereocenters. The van der Waals surface area contributed by atoms with Crippen LogP contribution in [0.2, 0.25) is 0 Å². The van der Waals surface area contributed by atoms with E-state index < -0.39 is 6.10 Å². The van der Waals surface area contributed by atoms with Gasteiger partial charge in [-0.3, -0.25) is 0 Å². The van der Waals surface area contributed by atoms with Crippen LogP contribution >= 0.6 is 11.3 Å². The lowest BCUT2D eigenvalue weighted by Crippen LogP contribution is -2.34. The first kappa shape index (κ1) is 12.6. The van der Waals surface area contributed by atoms with Crippen molar-refractivity contribution in [1.29, 1.82) is 0 Å². The van der Waals surface area contributed by atoms with Crippen LogP contribution in [0.4, 0.5) is 0 Å². The molecule has 0 aromatic carbocycles. The van der Waals surface area contributed by atoms with Crippen LogP contribution in [-0.4, -0.2) is 29.9 Å². The van der Waals surface area contributed by atoms with Crippen molar-refractivity contribution in [3.63, 3.8) is 0 Å². The molecular formula is C11H19NO2S. The predicted molar refractivity (Wildman–Crippen MR) is 63.0 cm³/mol. The van der Waals surface area contributed by atoms with Crippen molar-refractivity contribution in [2.75, 3.05) is 19.7 Å². The summed E-state index contributed by atoms with van der Waals surface area (Å²) in [6, 6.07) is 3.86. The third-order valence-corrected chi connectivity index (χ3v) is 3.21. The highest BCUT2D eigenvalue weighted by Gasteiger charge is 2.16. The molecule has 0 saturated heterocycles. The highest BCUT2D eigenvalue weighted by Crippen LogP contribution is 2.18. The zero-order chi connectivity index (χ0) is 11.3. The zero-order valence-electron chi connectivity index (χ0n) is 9.23. The average molecular weight is 229 g/mol. The van der Waals surface area contributed by atoms with Crippen LogP contribution in [0.3, 0.4) is 0 Å². The molecule has 0 amide bonds. The Morgan fingerprint density at radius 1 is 1.53 bits per heavy atom. The summed E-state index contributed by atoms with van der Waals surface area (Å²) in [5.74, 6) is 0. The molecule has 0 fully saturated rings. The molecule has 0 aliphatic rings. The van der Waals surface area contributed by atoms with E-state index in [2.05, 4.69) is 5.32 Å². The van der Waals surface area contributed by atoms with E-state index in [1.54, 1.807) is 11.3 Å². The van der Waals surface area contributed by atoms with Gasteiger partial charge in [0.1, 0.15) is 6.10 Å². The van der Waals surface area contributed by atoms with Gasteiger partial charge in [-0.05, 0) is 11.4 Å². The molecular weight excluding hydrogens is 210 g/mol. The number of nitrogens with one attached hydrogen (secondary N) is 1. The molecule has 1 heterocycles. The molecule has 1 aromatic heterocycles. The summed E-state index contributed by atoms with van der Waals surface area (Å²) in [6.45, 7) is 5.35. The molecule has 4 heteroatoms. The minimum absolute atomic E-state index is 0.130. The maximum absolute atomic E-state index is 9.76. The van der Waals surface area contributed by atoms with Gasteiger partial charge in [-0.15, -0.1) is 11.3 Å². The highest BCUT2D eigenvalue weighted by molar-refractivity contribution is 7.10. The fraction of sp³-hybridized carbons (Fsp3) is 0.636. The summed E-state index contributed by atoms with van der Waals surface area (Å²) in [5.41, 5.74) is -0.130. The number of aliphatic hydroxyl groups is 2. The van der Waals surface area contributed by atoms with Gasteiger partial charge < -0.3 is 15.5 Å². The lowest BCUT2D eigenvalue weighted by Gasteiger charge is -2.22. The first-order chi connectivity index (χ1) is 7.05. The standard InChI is InChI=1S/C11H19NO2S/c1-11(2,8-13)7-12-6-9(14)10-4-3-5-15-10/h3-5,9,12-14H,6-8H2,1-2H3. The van der Waals surface area contributed by atoms with Gasteiger partial charge in [-0.1, -0.05) is 19.9 Å². The van der Waals surface area contributed by atoms with Gasteiger partial charge in [0.05, 0.1) is 0 Å². The predicted octanol–water partition coefficient (Wildman–Crippen LogP) is 1.39. The van der Waals surface area contributed by atoms with Gasteiger partial charge in [-0.25, -0.2) is 0 Å². The second kappa shape index (κ2) is 5.61. The molecule has 15 heavy (non-hydrogen) atoms. The average Bonchev–Trinajstić information content (AvgIpc) is 2.70. The molecule has 0 bridgehead atoms. The molecule has 1 rings (SSSR count). The summed E-state index contributed by atoms with van der Waals surface area (Å²) in [7, 11) is 0. The quantitative estimate of drug-likeness (QED) is 0.691. The Balaban J connectivity index is 2.26. The fourth-order valence-electron chi connectivity index (χ4n) is 1.18. The Morgan fingerprint density at radius 2 is 2.27 bits per heavy atom. The number of hydrogen-bond acceptors (Lipinski definition) is 4. The van der Waals surface area contributed by atoms with Crippen LogP contribution in [0, 0.1) is 5.41 Å². The summed E-state index contributed by atoms with van der Waals surface area (Å²) in [4.78, 5) is 0.976. The van der Waals surface area contributed by atoms with Gasteiger partial charge in [0, 0.05) is 30.0 Å². The molecule has 3 nitrogen and oxygen atoms in total. The van der Waals surface area contributed by atoms with Gasteiger partial charge in [0.25, 0.3) is 0 Å². The minimum atomic E-state index is -0.445. The normalized spacial score (nSPS) is 14.1. The van der Waals surface area contributed by atoms with Crippen molar-refractivity contribution in [1.82, 2.24) is 5.32 Å². The van der Waals surface area contributed by atoms with Crippen molar-refractivity contribution >= 4 is 11.3 Å². The molecule has 0 aliphatic heterocycles. The first-order valence-corrected chi connectivity index (χ1v) is 5.96. The second-order valence-electron chi connectivity index (χ2n) is 4.48. The third kappa shape index (κ3) is 4.30. The zero-order valence-corrected chi connectivity index (χ0v) is 10.0. The Morgan fingerprint density at radius 3 is 2.80 bits per heavy atom. The molecule has 3 N–H and O–H groups in total. The number of aliphatic hydroxyl groups excluding tert-OH is 2. The fourth-order valence-corrected chi connectivity index (χ4v) is 1.90. The van der Waals surface area contributed by atoms with E-state index in [1.807, 2.05) is 31.4 Å². The third-order valence-electron chi connectivity index (χ3n) is 2.24. The lowest BCUT2D eigenvalue weighted by molar-refractivity contribution is 0.139. The van der Waals surface area contributed by atoms with Crippen molar-refractivity contribution in [3.05, 3.63) is 22.4 Å². The number of rotatable bonds is 6. The van der Waals surface area contributed by atoms with E-state index in [9.17, 15) is 5.11 Å². The summed E-state index contributed by atoms with van der Waals surface area (Å²) >= 11 is 1.56. The van der Waals surface area contributed by atoms with E-state index in [0.717, 1.165) is 4.88 Å². The minimum Gasteiger partial charge on any atom is -0.396 e. The Bertz CT molecular complexity index is 272. The largest absolute Gasteiger partial charge is 0.396 e. The van der Waals surface area contributed by atoms with Gasteiger partial charge in [0.2, 0.25) is 0 Å². The SMILES string of the molecule is CC(C)(CO)CNCC(O)c1cccs1. The number of thiophene rings is 1. The maximum Gasteiger partial charge on any atom is 0.101 e. The van der Waals surface area contributed by atoms with E-state index in [4.69, 9.17) is 5.11 Å². The molecule has 0 saturated carbocycles. The van der Waals surface area contributed by atoms with E-state index in [-0.39, 0.29) is 12.0 Å². The monoisotopic (exact) mass is 229 g/mol. The van der Waals surface area contributed by atoms with Crippen LogP contribution in [0.15, 0.2) is 17.5 Å². The Kier molecular flexibility index (Phi) is 4.73. The van der Waals surface area contributed by atoms with E-state index >= 15 is 0 Å². The van der Waals surface area contributed by atoms with Crippen molar-refractivity contribution < 1.29 is 10.2 Å². The van der Waals surface area contributed by atoms with Crippen LogP contribution in [0.25, 0.3) is 0 Å². The molecule has 0 spiro atoms. The van der Waals surface area contributed by atoms with Crippen molar-refractivity contribution in [3.8, 4) is 0 Å². The van der Waals surface area contributed by atoms with Gasteiger partial charge in [-0.2, -0.15) is 0 Å². The summed E-state index contributed by atoms with van der Waals surface area (Å²) < 4.78 is 0. The Labute approximate surface area is 94.8 Å². The molecule has 0 radical (unpaired) electrons. The molecule has 0 aliphatic carbocycles.